The number of pyridine rings is 1. The summed E-state index contributed by atoms with van der Waals surface area (Å²) < 4.78 is 28.5. The average molecular weight is 404 g/mol. The normalized spacial score (nSPS) is 16.1. The lowest BCUT2D eigenvalue weighted by Crippen LogP contribution is -2.48. The third-order valence-corrected chi connectivity index (χ3v) is 6.46. The molecule has 2 heterocycles. The van der Waals surface area contributed by atoms with Gasteiger partial charge in [-0.3, -0.25) is 4.98 Å². The van der Waals surface area contributed by atoms with Crippen LogP contribution in [0.5, 0.6) is 0 Å². The first-order valence-electron chi connectivity index (χ1n) is 9.29. The topological polar surface area (TPSA) is 86.1 Å². The standard InChI is InChI=1S/C22H20N4O2S/c23-13-17-8-9-22-19(11-17)12-20(16-26(22)15-18-5-4-10-24-14-18)25-29(27,28)21-6-2-1-3-7-21/h1-11,14,20,25H,12,15-16H2. The third kappa shape index (κ3) is 4.29. The molecule has 1 aliphatic heterocycles. The van der Waals surface area contributed by atoms with Crippen molar-refractivity contribution >= 4 is 15.7 Å². The van der Waals surface area contributed by atoms with Crippen LogP contribution in [0.3, 0.4) is 0 Å². The summed E-state index contributed by atoms with van der Waals surface area (Å²) in [7, 11) is -3.63. The summed E-state index contributed by atoms with van der Waals surface area (Å²) in [6.07, 6.45) is 4.06. The first-order chi connectivity index (χ1) is 14.0. The molecule has 0 radical (unpaired) electrons. The van der Waals surface area contributed by atoms with Crippen LogP contribution in [0.4, 0.5) is 5.69 Å². The van der Waals surface area contributed by atoms with Gasteiger partial charge in [-0.2, -0.15) is 5.26 Å². The van der Waals surface area contributed by atoms with E-state index in [4.69, 9.17) is 0 Å². The maximum Gasteiger partial charge on any atom is 0.240 e. The molecule has 1 aromatic heterocycles. The van der Waals surface area contributed by atoms with Crippen molar-refractivity contribution in [2.75, 3.05) is 11.4 Å². The Hall–Kier alpha value is -3.21. The van der Waals surface area contributed by atoms with Crippen LogP contribution in [-0.4, -0.2) is 26.0 Å². The zero-order chi connectivity index (χ0) is 20.3. The van der Waals surface area contributed by atoms with Crippen LogP contribution in [0.25, 0.3) is 0 Å². The molecule has 1 unspecified atom stereocenters. The number of fused-ring (bicyclic) bond motifs is 1. The van der Waals surface area contributed by atoms with E-state index in [-0.39, 0.29) is 10.9 Å². The van der Waals surface area contributed by atoms with E-state index in [0.717, 1.165) is 16.8 Å². The summed E-state index contributed by atoms with van der Waals surface area (Å²) in [4.78, 5) is 6.55. The van der Waals surface area contributed by atoms with Crippen LogP contribution in [0.2, 0.25) is 0 Å². The number of aromatic nitrogens is 1. The second kappa shape index (κ2) is 8.03. The molecule has 1 atom stereocenters. The largest absolute Gasteiger partial charge is 0.365 e. The average Bonchev–Trinajstić information content (AvgIpc) is 2.74. The molecular formula is C22H20N4O2S. The van der Waals surface area contributed by atoms with Gasteiger partial charge in [0, 0.05) is 37.2 Å². The van der Waals surface area contributed by atoms with Crippen LogP contribution in [0.1, 0.15) is 16.7 Å². The molecular weight excluding hydrogens is 384 g/mol. The monoisotopic (exact) mass is 404 g/mol. The molecule has 0 aliphatic carbocycles. The Balaban J connectivity index is 1.64. The van der Waals surface area contributed by atoms with Gasteiger partial charge in [-0.1, -0.05) is 24.3 Å². The zero-order valence-corrected chi connectivity index (χ0v) is 16.5. The van der Waals surface area contributed by atoms with Gasteiger partial charge in [-0.25, -0.2) is 13.1 Å². The van der Waals surface area contributed by atoms with Crippen LogP contribution in [0.15, 0.2) is 78.0 Å². The predicted molar refractivity (Wildman–Crippen MR) is 111 cm³/mol. The molecule has 0 saturated carbocycles. The minimum Gasteiger partial charge on any atom is -0.365 e. The molecule has 29 heavy (non-hydrogen) atoms. The third-order valence-electron chi connectivity index (χ3n) is 4.93. The van der Waals surface area contributed by atoms with Gasteiger partial charge in [-0.15, -0.1) is 0 Å². The first-order valence-corrected chi connectivity index (χ1v) is 10.8. The lowest BCUT2D eigenvalue weighted by Gasteiger charge is -2.36. The van der Waals surface area contributed by atoms with E-state index in [1.807, 2.05) is 24.3 Å². The van der Waals surface area contributed by atoms with E-state index in [1.165, 1.54) is 0 Å². The minimum absolute atomic E-state index is 0.246. The highest BCUT2D eigenvalue weighted by Gasteiger charge is 2.28. The van der Waals surface area contributed by atoms with E-state index in [1.54, 1.807) is 48.8 Å². The number of benzene rings is 2. The molecule has 1 N–H and O–H groups in total. The number of sulfonamides is 1. The highest BCUT2D eigenvalue weighted by molar-refractivity contribution is 7.89. The van der Waals surface area contributed by atoms with Crippen LogP contribution in [0, 0.1) is 11.3 Å². The van der Waals surface area contributed by atoms with Crippen LogP contribution < -0.4 is 9.62 Å². The molecule has 0 fully saturated rings. The van der Waals surface area contributed by atoms with Crippen LogP contribution >= 0.6 is 0 Å². The van der Waals surface area contributed by atoms with E-state index >= 15 is 0 Å². The number of rotatable bonds is 5. The fourth-order valence-electron chi connectivity index (χ4n) is 3.65. The van der Waals surface area contributed by atoms with Crippen molar-refractivity contribution in [1.82, 2.24) is 9.71 Å². The Kier molecular flexibility index (Phi) is 5.30. The van der Waals surface area contributed by atoms with Gasteiger partial charge in [-0.05, 0) is 53.9 Å². The molecule has 4 rings (SSSR count). The van der Waals surface area contributed by atoms with Gasteiger partial charge in [0.15, 0.2) is 0 Å². The number of hydrogen-bond acceptors (Lipinski definition) is 5. The summed E-state index contributed by atoms with van der Waals surface area (Å²) in [5.41, 5.74) is 3.58. The van der Waals surface area contributed by atoms with Gasteiger partial charge in [0.05, 0.1) is 16.5 Å². The lowest BCUT2D eigenvalue weighted by atomic mass is 9.96. The number of hydrogen-bond donors (Lipinski definition) is 1. The lowest BCUT2D eigenvalue weighted by molar-refractivity contribution is 0.524. The Labute approximate surface area is 170 Å². The van der Waals surface area contributed by atoms with Gasteiger partial charge in [0.2, 0.25) is 10.0 Å². The maximum atomic E-state index is 12.8. The second-order valence-corrected chi connectivity index (χ2v) is 8.75. The van der Waals surface area contributed by atoms with E-state index in [2.05, 4.69) is 20.7 Å². The molecule has 1 aliphatic rings. The predicted octanol–water partition coefficient (Wildman–Crippen LogP) is 2.86. The second-order valence-electron chi connectivity index (χ2n) is 7.03. The first kappa shape index (κ1) is 19.1. The molecule has 0 saturated heterocycles. The molecule has 0 bridgehead atoms. The van der Waals surface area contributed by atoms with Gasteiger partial charge >= 0.3 is 0 Å². The number of nitrogens with one attached hydrogen (secondary N) is 1. The number of anilines is 1. The number of nitriles is 1. The summed E-state index contributed by atoms with van der Waals surface area (Å²) in [5.74, 6) is 0. The Bertz CT molecular complexity index is 1140. The Morgan fingerprint density at radius 2 is 1.97 bits per heavy atom. The molecule has 0 amide bonds. The van der Waals surface area contributed by atoms with Gasteiger partial charge in [0.1, 0.15) is 0 Å². The van der Waals surface area contributed by atoms with Crippen molar-refractivity contribution in [3.05, 3.63) is 89.7 Å². The van der Waals surface area contributed by atoms with Crippen molar-refractivity contribution in [2.45, 2.75) is 23.9 Å². The summed E-state index contributed by atoms with van der Waals surface area (Å²) in [6.45, 7) is 1.14. The van der Waals surface area contributed by atoms with Crippen molar-refractivity contribution in [3.8, 4) is 6.07 Å². The van der Waals surface area contributed by atoms with E-state index in [9.17, 15) is 13.7 Å². The Morgan fingerprint density at radius 3 is 2.69 bits per heavy atom. The highest BCUT2D eigenvalue weighted by Crippen LogP contribution is 2.30. The molecule has 0 spiro atoms. The Morgan fingerprint density at radius 1 is 1.14 bits per heavy atom. The molecule has 7 heteroatoms. The summed E-state index contributed by atoms with van der Waals surface area (Å²) in [6, 6.07) is 19.7. The van der Waals surface area contributed by atoms with E-state index < -0.39 is 10.0 Å². The minimum atomic E-state index is -3.63. The van der Waals surface area contributed by atoms with Gasteiger partial charge < -0.3 is 4.90 Å². The SMILES string of the molecule is N#Cc1ccc2c(c1)CC(NS(=O)(=O)c1ccccc1)CN2Cc1cccnc1. The molecule has 2 aromatic carbocycles. The van der Waals surface area contributed by atoms with E-state index in [0.29, 0.717) is 25.1 Å². The van der Waals surface area contributed by atoms with Crippen molar-refractivity contribution in [3.63, 3.8) is 0 Å². The molecule has 146 valence electrons. The van der Waals surface area contributed by atoms with Crippen molar-refractivity contribution in [1.29, 1.82) is 5.26 Å². The van der Waals surface area contributed by atoms with Crippen LogP contribution in [-0.2, 0) is 23.0 Å². The molecule has 3 aromatic rings. The van der Waals surface area contributed by atoms with Crippen molar-refractivity contribution < 1.29 is 8.42 Å². The fourth-order valence-corrected chi connectivity index (χ4v) is 4.90. The fraction of sp³-hybridized carbons (Fsp3) is 0.182. The quantitative estimate of drug-likeness (QED) is 0.707. The molecule has 6 nitrogen and oxygen atoms in total. The summed E-state index contributed by atoms with van der Waals surface area (Å²) in [5, 5.41) is 9.26. The zero-order valence-electron chi connectivity index (χ0n) is 15.7. The maximum absolute atomic E-state index is 12.8. The summed E-state index contributed by atoms with van der Waals surface area (Å²) >= 11 is 0. The smallest absolute Gasteiger partial charge is 0.240 e. The highest BCUT2D eigenvalue weighted by atomic mass is 32.2. The van der Waals surface area contributed by atoms with Gasteiger partial charge in [0.25, 0.3) is 0 Å². The van der Waals surface area contributed by atoms with Crippen molar-refractivity contribution in [2.24, 2.45) is 0 Å². The number of nitrogens with zero attached hydrogens (tertiary/aromatic N) is 3.